The van der Waals surface area contributed by atoms with Crippen LogP contribution < -0.4 is 0 Å². The van der Waals surface area contributed by atoms with Gasteiger partial charge in [-0.25, -0.2) is 8.42 Å². The molecule has 0 aromatic rings. The first-order valence-corrected chi connectivity index (χ1v) is 7.93. The van der Waals surface area contributed by atoms with Crippen LogP contribution in [0.2, 0.25) is 0 Å². The van der Waals surface area contributed by atoms with Gasteiger partial charge in [0.2, 0.25) is 0 Å². The summed E-state index contributed by atoms with van der Waals surface area (Å²) in [6, 6.07) is 2.41. The number of rotatable bonds is 2. The zero-order valence-electron chi connectivity index (χ0n) is 9.93. The zero-order valence-corrected chi connectivity index (χ0v) is 10.7. The molecule has 3 aliphatic rings. The van der Waals surface area contributed by atoms with Gasteiger partial charge in [-0.05, 0) is 36.5 Å². The van der Waals surface area contributed by atoms with Crippen LogP contribution in [0.4, 0.5) is 0 Å². The maximum absolute atomic E-state index is 11.6. The van der Waals surface area contributed by atoms with Crippen molar-refractivity contribution in [3.8, 4) is 6.07 Å². The molecule has 0 radical (unpaired) electrons. The van der Waals surface area contributed by atoms with Gasteiger partial charge < -0.3 is 4.74 Å². The summed E-state index contributed by atoms with van der Waals surface area (Å²) < 4.78 is 28.3. The van der Waals surface area contributed by atoms with Crippen molar-refractivity contribution in [3.05, 3.63) is 0 Å². The van der Waals surface area contributed by atoms with Crippen molar-refractivity contribution in [2.24, 2.45) is 29.1 Å². The molecule has 0 spiro atoms. The predicted octanol–water partition coefficient (Wildman–Crippen LogP) is 0.843. The lowest BCUT2D eigenvalue weighted by molar-refractivity contribution is 0.0462. The summed E-state index contributed by atoms with van der Waals surface area (Å²) in [5, 5.41) is 9.33. The molecule has 4 nitrogen and oxygen atoms in total. The van der Waals surface area contributed by atoms with Crippen molar-refractivity contribution in [1.29, 1.82) is 5.26 Å². The Kier molecular flexibility index (Phi) is 2.34. The van der Waals surface area contributed by atoms with Crippen molar-refractivity contribution in [2.45, 2.75) is 12.8 Å². The Morgan fingerprint density at radius 1 is 1.24 bits per heavy atom. The fraction of sp³-hybridized carbons (Fsp3) is 0.917. The summed E-state index contributed by atoms with van der Waals surface area (Å²) in [6.07, 6.45) is 1.66. The number of nitriles is 1. The molecular formula is C12H17NO3S. The molecule has 0 bridgehead atoms. The smallest absolute Gasteiger partial charge is 0.150 e. The lowest BCUT2D eigenvalue weighted by Crippen LogP contribution is -2.42. The van der Waals surface area contributed by atoms with Gasteiger partial charge in [0.05, 0.1) is 29.6 Å². The first-order valence-electron chi connectivity index (χ1n) is 6.11. The topological polar surface area (TPSA) is 67.2 Å². The molecule has 17 heavy (non-hydrogen) atoms. The Balaban J connectivity index is 1.79. The van der Waals surface area contributed by atoms with Crippen molar-refractivity contribution in [1.82, 2.24) is 0 Å². The van der Waals surface area contributed by atoms with Gasteiger partial charge in [0, 0.05) is 7.11 Å². The van der Waals surface area contributed by atoms with Crippen LogP contribution in [0.15, 0.2) is 0 Å². The third-order valence-electron chi connectivity index (χ3n) is 5.00. The second-order valence-corrected chi connectivity index (χ2v) is 8.12. The van der Waals surface area contributed by atoms with E-state index in [2.05, 4.69) is 6.07 Å². The predicted molar refractivity (Wildman–Crippen MR) is 61.8 cm³/mol. The summed E-state index contributed by atoms with van der Waals surface area (Å²) >= 11 is 0. The Hall–Kier alpha value is -0.600. The van der Waals surface area contributed by atoms with Gasteiger partial charge >= 0.3 is 0 Å². The third kappa shape index (κ3) is 1.54. The van der Waals surface area contributed by atoms with Crippen LogP contribution in [0, 0.1) is 40.4 Å². The maximum atomic E-state index is 11.6. The summed E-state index contributed by atoms with van der Waals surface area (Å²) in [5.41, 5.74) is -0.349. The molecule has 94 valence electrons. The minimum absolute atomic E-state index is 0.331. The average molecular weight is 255 g/mol. The largest absolute Gasteiger partial charge is 0.383 e. The molecule has 0 aromatic heterocycles. The van der Waals surface area contributed by atoms with Gasteiger partial charge in [0.25, 0.3) is 0 Å². The minimum atomic E-state index is -2.79. The molecule has 1 saturated heterocycles. The van der Waals surface area contributed by atoms with Crippen LogP contribution in [0.3, 0.4) is 0 Å². The maximum Gasteiger partial charge on any atom is 0.150 e. The van der Waals surface area contributed by atoms with Crippen LogP contribution in [0.5, 0.6) is 0 Å². The first kappa shape index (κ1) is 11.5. The summed E-state index contributed by atoms with van der Waals surface area (Å²) in [7, 11) is -1.17. The van der Waals surface area contributed by atoms with Gasteiger partial charge in [-0.15, -0.1) is 0 Å². The molecular weight excluding hydrogens is 238 g/mol. The van der Waals surface area contributed by atoms with Crippen LogP contribution in [0.25, 0.3) is 0 Å². The normalized spacial score (nSPS) is 50.1. The highest BCUT2D eigenvalue weighted by Gasteiger charge is 2.63. The Bertz CT molecular complexity index is 452. The summed E-state index contributed by atoms with van der Waals surface area (Å²) in [6.45, 7) is 0.489. The highest BCUT2D eigenvalue weighted by molar-refractivity contribution is 7.91. The van der Waals surface area contributed by atoms with Crippen molar-refractivity contribution in [2.75, 3.05) is 25.2 Å². The average Bonchev–Trinajstić information content (AvgIpc) is 2.74. The highest BCUT2D eigenvalue weighted by Crippen LogP contribution is 2.63. The van der Waals surface area contributed by atoms with E-state index in [9.17, 15) is 13.7 Å². The van der Waals surface area contributed by atoms with Gasteiger partial charge in [-0.3, -0.25) is 0 Å². The SMILES string of the molecule is COCC1(C#N)C[C@H]2[C@H](C1)[C@@H]1CS(=O)(=O)C[C@@H]21. The molecule has 1 aliphatic heterocycles. The zero-order chi connectivity index (χ0) is 12.3. The molecule has 3 fully saturated rings. The van der Waals surface area contributed by atoms with Crippen LogP contribution in [0.1, 0.15) is 12.8 Å². The van der Waals surface area contributed by atoms with Crippen LogP contribution >= 0.6 is 0 Å². The Labute approximate surface area is 102 Å². The van der Waals surface area contributed by atoms with Crippen molar-refractivity contribution >= 4 is 9.84 Å². The number of ether oxygens (including phenoxy) is 1. The highest BCUT2D eigenvalue weighted by atomic mass is 32.2. The van der Waals surface area contributed by atoms with Crippen LogP contribution in [-0.2, 0) is 14.6 Å². The number of fused-ring (bicyclic) bond motifs is 4. The van der Waals surface area contributed by atoms with E-state index in [1.165, 1.54) is 0 Å². The number of sulfone groups is 1. The molecule has 3 rings (SSSR count). The lowest BCUT2D eigenvalue weighted by atomic mass is 9.60. The molecule has 0 aromatic carbocycles. The van der Waals surface area contributed by atoms with Gasteiger partial charge in [-0.2, -0.15) is 5.26 Å². The molecule has 5 heteroatoms. The van der Waals surface area contributed by atoms with Crippen LogP contribution in [-0.4, -0.2) is 33.6 Å². The van der Waals surface area contributed by atoms with E-state index in [-0.39, 0.29) is 5.41 Å². The Morgan fingerprint density at radius 2 is 1.76 bits per heavy atom. The molecule has 0 unspecified atom stereocenters. The van der Waals surface area contributed by atoms with Gasteiger partial charge in [0.15, 0.2) is 9.84 Å². The number of nitrogens with zero attached hydrogens (tertiary/aromatic N) is 1. The van der Waals surface area contributed by atoms with E-state index in [0.717, 1.165) is 12.8 Å². The second kappa shape index (κ2) is 3.46. The summed E-state index contributed by atoms with van der Waals surface area (Å²) in [5.74, 6) is 2.27. The van der Waals surface area contributed by atoms with Gasteiger partial charge in [-0.1, -0.05) is 0 Å². The number of hydrogen-bond donors (Lipinski definition) is 0. The molecule has 1 heterocycles. The second-order valence-electron chi connectivity index (χ2n) is 5.97. The lowest BCUT2D eigenvalue weighted by Gasteiger charge is -2.43. The van der Waals surface area contributed by atoms with E-state index in [1.54, 1.807) is 7.11 Å². The Morgan fingerprint density at radius 3 is 2.18 bits per heavy atom. The van der Waals surface area contributed by atoms with E-state index >= 15 is 0 Å². The quantitative estimate of drug-likeness (QED) is 0.733. The van der Waals surface area contributed by atoms with Crippen molar-refractivity contribution in [3.63, 3.8) is 0 Å². The van der Waals surface area contributed by atoms with E-state index in [1.807, 2.05) is 0 Å². The van der Waals surface area contributed by atoms with E-state index in [4.69, 9.17) is 4.74 Å². The van der Waals surface area contributed by atoms with E-state index in [0.29, 0.717) is 41.8 Å². The molecule has 0 amide bonds. The monoisotopic (exact) mass is 255 g/mol. The molecule has 2 saturated carbocycles. The van der Waals surface area contributed by atoms with Gasteiger partial charge in [0.1, 0.15) is 0 Å². The van der Waals surface area contributed by atoms with E-state index < -0.39 is 9.84 Å². The third-order valence-corrected chi connectivity index (χ3v) is 6.79. The first-order chi connectivity index (χ1) is 8.00. The number of methoxy groups -OCH3 is 1. The number of hydrogen-bond acceptors (Lipinski definition) is 4. The fourth-order valence-corrected chi connectivity index (χ4v) is 6.68. The molecule has 4 atom stereocenters. The molecule has 0 N–H and O–H groups in total. The standard InChI is InChI=1S/C12H17NO3S/c1-16-7-12(6-13)2-8-9(3-12)11-5-17(14,15)4-10(8)11/h8-11H,2-5,7H2,1H3/t8-,9-,10-,11-/m0/s1. The summed E-state index contributed by atoms with van der Waals surface area (Å²) in [4.78, 5) is 0. The minimum Gasteiger partial charge on any atom is -0.383 e. The molecule has 2 aliphatic carbocycles. The van der Waals surface area contributed by atoms with Crippen molar-refractivity contribution < 1.29 is 13.2 Å². The fourth-order valence-electron chi connectivity index (χ4n) is 4.38.